The fraction of sp³-hybridized carbons (Fsp3) is 0.250. The van der Waals surface area contributed by atoms with E-state index in [1.165, 1.54) is 12.3 Å². The Balaban J connectivity index is 2.33. The highest BCUT2D eigenvalue weighted by Crippen LogP contribution is 2.35. The summed E-state index contributed by atoms with van der Waals surface area (Å²) < 4.78 is 56.0. The van der Waals surface area contributed by atoms with Gasteiger partial charge < -0.3 is 0 Å². The predicted molar refractivity (Wildman–Crippen MR) is 74.2 cm³/mol. The molecular weight excluding hydrogens is 318 g/mol. The summed E-state index contributed by atoms with van der Waals surface area (Å²) in [6.07, 6.45) is 1.46. The molecule has 1 aromatic carbocycles. The van der Waals surface area contributed by atoms with E-state index in [1.54, 1.807) is 24.3 Å². The lowest BCUT2D eigenvalue weighted by atomic mass is 10.1. The quantitative estimate of drug-likeness (QED) is 0.718. The van der Waals surface area contributed by atoms with Crippen molar-refractivity contribution < 1.29 is 25.2 Å². The summed E-state index contributed by atoms with van der Waals surface area (Å²) >= 11 is 0. The van der Waals surface area contributed by atoms with Crippen LogP contribution in [0, 0.1) is 0 Å². The third kappa shape index (κ3) is 2.53. The second-order valence-electron chi connectivity index (χ2n) is 4.38. The lowest BCUT2D eigenvalue weighted by Crippen LogP contribution is -2.23. The number of benzene rings is 1. The van der Waals surface area contributed by atoms with Gasteiger partial charge >= 0.3 is 0 Å². The Labute approximate surface area is 121 Å². The van der Waals surface area contributed by atoms with Gasteiger partial charge in [0, 0.05) is 17.1 Å². The van der Waals surface area contributed by atoms with E-state index in [-0.39, 0.29) is 24.3 Å². The zero-order valence-corrected chi connectivity index (χ0v) is 12.3. The number of rotatable bonds is 1. The van der Waals surface area contributed by atoms with Crippen LogP contribution in [-0.4, -0.2) is 35.0 Å². The SMILES string of the molecule is O=S1(=O)OCCOS(=O)(=O)C1c1cccc2cccnc12. The molecule has 112 valence electrons. The molecule has 2 heterocycles. The normalized spacial score (nSPS) is 21.9. The molecule has 0 unspecified atom stereocenters. The maximum Gasteiger partial charge on any atom is 0.291 e. The highest BCUT2D eigenvalue weighted by Gasteiger charge is 2.44. The van der Waals surface area contributed by atoms with Crippen LogP contribution in [0.3, 0.4) is 0 Å². The fourth-order valence-corrected chi connectivity index (χ4v) is 5.54. The second kappa shape index (κ2) is 5.02. The molecule has 1 aliphatic heterocycles. The van der Waals surface area contributed by atoms with Gasteiger partial charge in [-0.05, 0) is 6.07 Å². The van der Waals surface area contributed by atoms with E-state index in [4.69, 9.17) is 0 Å². The molecule has 0 bridgehead atoms. The Morgan fingerprint density at radius 2 is 1.57 bits per heavy atom. The van der Waals surface area contributed by atoms with E-state index in [9.17, 15) is 16.8 Å². The van der Waals surface area contributed by atoms with Crippen molar-refractivity contribution in [2.45, 2.75) is 4.58 Å². The summed E-state index contributed by atoms with van der Waals surface area (Å²) in [6.45, 7) is -0.674. The fourth-order valence-electron chi connectivity index (χ4n) is 2.20. The Bertz CT molecular complexity index is 850. The van der Waals surface area contributed by atoms with Gasteiger partial charge in [-0.3, -0.25) is 13.4 Å². The maximum absolute atomic E-state index is 12.2. The first-order valence-corrected chi connectivity index (χ1v) is 8.96. The number of pyridine rings is 1. The molecule has 7 nitrogen and oxygen atoms in total. The maximum atomic E-state index is 12.2. The molecule has 0 radical (unpaired) electrons. The van der Waals surface area contributed by atoms with Crippen molar-refractivity contribution >= 4 is 31.1 Å². The smallest absolute Gasteiger partial charge is 0.266 e. The van der Waals surface area contributed by atoms with Gasteiger partial charge in [0.15, 0.2) is 0 Å². The minimum Gasteiger partial charge on any atom is -0.266 e. The summed E-state index contributed by atoms with van der Waals surface area (Å²) in [5.74, 6) is 0. The van der Waals surface area contributed by atoms with Gasteiger partial charge in [-0.25, -0.2) is 0 Å². The van der Waals surface area contributed by atoms with Crippen molar-refractivity contribution in [2.75, 3.05) is 13.2 Å². The summed E-state index contributed by atoms with van der Waals surface area (Å²) in [5, 5.41) is 0.629. The molecule has 2 aromatic rings. The first kappa shape index (κ1) is 14.4. The van der Waals surface area contributed by atoms with Crippen molar-refractivity contribution in [3.63, 3.8) is 0 Å². The summed E-state index contributed by atoms with van der Waals surface area (Å²) in [6, 6.07) is 8.06. The zero-order valence-electron chi connectivity index (χ0n) is 10.7. The van der Waals surface area contributed by atoms with E-state index in [2.05, 4.69) is 13.4 Å². The van der Waals surface area contributed by atoms with Crippen LogP contribution in [-0.2, 0) is 28.6 Å². The molecule has 0 saturated carbocycles. The van der Waals surface area contributed by atoms with E-state index in [1.807, 2.05) is 0 Å². The molecule has 9 heteroatoms. The standard InChI is InChI=1S/C12H11NO6S2/c14-20(15)12(21(16,17)19-8-7-18-20)10-5-1-3-9-4-2-6-13-11(9)10/h1-6,12H,7-8H2. The Morgan fingerprint density at radius 3 is 2.24 bits per heavy atom. The highest BCUT2D eigenvalue weighted by atomic mass is 32.3. The van der Waals surface area contributed by atoms with Gasteiger partial charge in [0.2, 0.25) is 4.58 Å². The molecule has 0 amide bonds. The van der Waals surface area contributed by atoms with Crippen molar-refractivity contribution in [3.05, 3.63) is 42.1 Å². The van der Waals surface area contributed by atoms with E-state index >= 15 is 0 Å². The third-order valence-corrected chi connectivity index (χ3v) is 6.98. The lowest BCUT2D eigenvalue weighted by molar-refractivity contribution is 0.237. The molecule has 1 aromatic heterocycles. The molecule has 1 fully saturated rings. The molecule has 1 aliphatic rings. The van der Waals surface area contributed by atoms with E-state index in [0.717, 1.165) is 0 Å². The molecule has 1 saturated heterocycles. The third-order valence-electron chi connectivity index (χ3n) is 3.02. The topological polar surface area (TPSA) is 99.6 Å². The molecule has 21 heavy (non-hydrogen) atoms. The van der Waals surface area contributed by atoms with Crippen LogP contribution in [0.1, 0.15) is 10.1 Å². The van der Waals surface area contributed by atoms with Crippen LogP contribution in [0.15, 0.2) is 36.5 Å². The number of aromatic nitrogens is 1. The van der Waals surface area contributed by atoms with Crippen LogP contribution in [0.4, 0.5) is 0 Å². The van der Waals surface area contributed by atoms with Gasteiger partial charge in [0.05, 0.1) is 18.7 Å². The van der Waals surface area contributed by atoms with E-state index in [0.29, 0.717) is 5.39 Å². The van der Waals surface area contributed by atoms with Crippen LogP contribution in [0.2, 0.25) is 0 Å². The molecule has 0 atom stereocenters. The van der Waals surface area contributed by atoms with Crippen molar-refractivity contribution in [2.24, 2.45) is 0 Å². The van der Waals surface area contributed by atoms with Crippen molar-refractivity contribution in [3.8, 4) is 0 Å². The molecule has 3 rings (SSSR count). The van der Waals surface area contributed by atoms with Gasteiger partial charge in [-0.2, -0.15) is 16.8 Å². The average molecular weight is 329 g/mol. The largest absolute Gasteiger partial charge is 0.291 e. The molecule has 0 N–H and O–H groups in total. The number of para-hydroxylation sites is 1. The second-order valence-corrected chi connectivity index (χ2v) is 8.07. The molecular formula is C12H11NO6S2. The van der Waals surface area contributed by atoms with Crippen LogP contribution in [0.25, 0.3) is 10.9 Å². The number of hydrogen-bond donors (Lipinski definition) is 0. The number of hydrogen-bond acceptors (Lipinski definition) is 7. The Morgan fingerprint density at radius 1 is 0.952 bits per heavy atom. The van der Waals surface area contributed by atoms with Crippen LogP contribution < -0.4 is 0 Å². The van der Waals surface area contributed by atoms with Gasteiger partial charge in [-0.1, -0.05) is 24.3 Å². The summed E-state index contributed by atoms with van der Waals surface area (Å²) in [4.78, 5) is 4.08. The van der Waals surface area contributed by atoms with Crippen LogP contribution >= 0.6 is 0 Å². The van der Waals surface area contributed by atoms with Gasteiger partial charge in [0.1, 0.15) is 0 Å². The highest BCUT2D eigenvalue weighted by molar-refractivity contribution is 8.04. The Hall–Kier alpha value is -1.55. The van der Waals surface area contributed by atoms with E-state index < -0.39 is 24.8 Å². The number of fused-ring (bicyclic) bond motifs is 1. The zero-order chi connectivity index (χ0) is 15.1. The van der Waals surface area contributed by atoms with Gasteiger partial charge in [0.25, 0.3) is 20.2 Å². The summed E-state index contributed by atoms with van der Waals surface area (Å²) in [5.41, 5.74) is 0.307. The Kier molecular flexibility index (Phi) is 3.44. The van der Waals surface area contributed by atoms with Crippen molar-refractivity contribution in [1.82, 2.24) is 4.98 Å². The average Bonchev–Trinajstić information content (AvgIpc) is 2.54. The minimum atomic E-state index is -4.37. The number of nitrogens with zero attached hydrogens (tertiary/aromatic N) is 1. The first-order chi connectivity index (χ1) is 9.92. The van der Waals surface area contributed by atoms with Crippen LogP contribution in [0.5, 0.6) is 0 Å². The van der Waals surface area contributed by atoms with Crippen molar-refractivity contribution in [1.29, 1.82) is 0 Å². The molecule has 0 spiro atoms. The first-order valence-electron chi connectivity index (χ1n) is 6.02. The van der Waals surface area contributed by atoms with Gasteiger partial charge in [-0.15, -0.1) is 0 Å². The lowest BCUT2D eigenvalue weighted by Gasteiger charge is -2.15. The predicted octanol–water partition coefficient (Wildman–Crippen LogP) is 0.940. The molecule has 0 aliphatic carbocycles. The summed E-state index contributed by atoms with van der Waals surface area (Å²) in [7, 11) is -8.73. The minimum absolute atomic E-state index is 0.0231. The monoisotopic (exact) mass is 329 g/mol.